The fourth-order valence-corrected chi connectivity index (χ4v) is 3.11. The molecular weight excluding hydrogens is 326 g/mol. The third-order valence-corrected chi connectivity index (χ3v) is 4.45. The number of rotatable bonds is 5. The van der Waals surface area contributed by atoms with Crippen molar-refractivity contribution < 1.29 is 57.8 Å². The summed E-state index contributed by atoms with van der Waals surface area (Å²) in [6.07, 6.45) is -9.12. The molecule has 1 unspecified atom stereocenters. The molecule has 1 rings (SSSR count). The molecule has 20 heavy (non-hydrogen) atoms. The third-order valence-electron chi connectivity index (χ3n) is 2.30. The highest BCUT2D eigenvalue weighted by Gasteiger charge is 2.47. The molecule has 0 bridgehead atoms. The van der Waals surface area contributed by atoms with Crippen LogP contribution in [0.15, 0.2) is 0 Å². The molecular formula is C6H14O12P2. The molecule has 0 saturated carbocycles. The van der Waals surface area contributed by atoms with Gasteiger partial charge in [0.1, 0.15) is 24.4 Å². The number of aliphatic hydroxyl groups excluding tert-OH is 4. The minimum atomic E-state index is -5.36. The maximum absolute atomic E-state index is 11.2. The smallest absolute Gasteiger partial charge is 0.394 e. The molecule has 0 amide bonds. The summed E-state index contributed by atoms with van der Waals surface area (Å²) < 4.78 is 34.0. The van der Waals surface area contributed by atoms with E-state index in [-0.39, 0.29) is 0 Å². The van der Waals surface area contributed by atoms with Gasteiger partial charge in [0, 0.05) is 0 Å². The quantitative estimate of drug-likeness (QED) is 0.250. The van der Waals surface area contributed by atoms with Crippen LogP contribution in [-0.2, 0) is 22.7 Å². The number of phosphoric ester groups is 1. The molecule has 0 aliphatic carbocycles. The first-order chi connectivity index (χ1) is 8.97. The minimum Gasteiger partial charge on any atom is -0.394 e. The van der Waals surface area contributed by atoms with Crippen molar-refractivity contribution in [3.05, 3.63) is 0 Å². The van der Waals surface area contributed by atoms with E-state index in [0.29, 0.717) is 0 Å². The minimum absolute atomic E-state index is 0.820. The van der Waals surface area contributed by atoms with Gasteiger partial charge in [0.2, 0.25) is 0 Å². The highest BCUT2D eigenvalue weighted by Crippen LogP contribution is 2.58. The van der Waals surface area contributed by atoms with E-state index in [4.69, 9.17) is 19.8 Å². The number of aliphatic hydroxyl groups is 4. The fraction of sp³-hybridized carbons (Fsp3) is 1.00. The van der Waals surface area contributed by atoms with E-state index < -0.39 is 53.0 Å². The molecule has 12 nitrogen and oxygen atoms in total. The zero-order chi connectivity index (χ0) is 15.7. The van der Waals surface area contributed by atoms with Gasteiger partial charge in [-0.05, 0) is 0 Å². The van der Waals surface area contributed by atoms with Crippen LogP contribution in [0.1, 0.15) is 0 Å². The van der Waals surface area contributed by atoms with E-state index in [1.165, 1.54) is 0 Å². The largest absolute Gasteiger partial charge is 0.483 e. The van der Waals surface area contributed by atoms with Crippen molar-refractivity contribution in [1.82, 2.24) is 0 Å². The van der Waals surface area contributed by atoms with Crippen LogP contribution in [0.4, 0.5) is 0 Å². The first-order valence-corrected chi connectivity index (χ1v) is 8.08. The van der Waals surface area contributed by atoms with Crippen molar-refractivity contribution in [2.24, 2.45) is 0 Å². The second-order valence-corrected chi connectivity index (χ2v) is 6.63. The van der Waals surface area contributed by atoms with Crippen LogP contribution >= 0.6 is 15.6 Å². The maximum Gasteiger partial charge on any atom is 0.483 e. The topological polar surface area (TPSA) is 203 Å². The van der Waals surface area contributed by atoms with E-state index in [2.05, 4.69) is 13.6 Å². The van der Waals surface area contributed by atoms with Gasteiger partial charge < -0.3 is 39.8 Å². The molecule has 120 valence electrons. The van der Waals surface area contributed by atoms with E-state index >= 15 is 0 Å². The lowest BCUT2D eigenvalue weighted by molar-refractivity contribution is -0.280. The predicted octanol–water partition coefficient (Wildman–Crippen LogP) is -2.99. The molecule has 0 aromatic heterocycles. The van der Waals surface area contributed by atoms with Crippen LogP contribution < -0.4 is 0 Å². The first kappa shape index (κ1) is 18.1. The lowest BCUT2D eigenvalue weighted by Gasteiger charge is -2.39. The third kappa shape index (κ3) is 4.81. The van der Waals surface area contributed by atoms with Crippen LogP contribution in [0, 0.1) is 0 Å². The molecule has 1 aliphatic rings. The highest BCUT2D eigenvalue weighted by molar-refractivity contribution is 7.60. The average Bonchev–Trinajstić information content (AvgIpc) is 2.26. The van der Waals surface area contributed by atoms with Gasteiger partial charge in [0.15, 0.2) is 6.29 Å². The number of hydrogen-bond donors (Lipinski definition) is 7. The summed E-state index contributed by atoms with van der Waals surface area (Å²) in [4.78, 5) is 25.8. The van der Waals surface area contributed by atoms with E-state index in [9.17, 15) is 24.4 Å². The molecule has 0 radical (unpaired) electrons. The predicted molar refractivity (Wildman–Crippen MR) is 57.8 cm³/mol. The van der Waals surface area contributed by atoms with Gasteiger partial charge >= 0.3 is 15.6 Å². The van der Waals surface area contributed by atoms with Crippen molar-refractivity contribution in [2.75, 3.05) is 6.61 Å². The lowest BCUT2D eigenvalue weighted by atomic mass is 10.00. The lowest BCUT2D eigenvalue weighted by Crippen LogP contribution is -2.58. The van der Waals surface area contributed by atoms with Crippen LogP contribution in [0.5, 0.6) is 0 Å². The summed E-state index contributed by atoms with van der Waals surface area (Å²) in [5.41, 5.74) is 0. The van der Waals surface area contributed by atoms with Crippen LogP contribution in [0.25, 0.3) is 0 Å². The van der Waals surface area contributed by atoms with Gasteiger partial charge in [-0.2, -0.15) is 4.31 Å². The molecule has 6 atom stereocenters. The van der Waals surface area contributed by atoms with Crippen molar-refractivity contribution >= 4 is 15.6 Å². The molecule has 1 saturated heterocycles. The normalized spacial score (nSPS) is 38.5. The Bertz CT molecular complexity index is 418. The molecule has 1 aliphatic heterocycles. The zero-order valence-corrected chi connectivity index (χ0v) is 11.4. The van der Waals surface area contributed by atoms with Crippen molar-refractivity contribution in [3.8, 4) is 0 Å². The average molecular weight is 340 g/mol. The fourth-order valence-electron chi connectivity index (χ4n) is 1.44. The summed E-state index contributed by atoms with van der Waals surface area (Å²) in [6, 6.07) is 0. The zero-order valence-electron chi connectivity index (χ0n) is 9.66. The number of hydrogen-bond acceptors (Lipinski definition) is 9. The Kier molecular flexibility index (Phi) is 5.83. The molecule has 7 N–H and O–H groups in total. The first-order valence-electron chi connectivity index (χ1n) is 5.05. The maximum atomic E-state index is 11.2. The Morgan fingerprint density at radius 3 is 2.00 bits per heavy atom. The van der Waals surface area contributed by atoms with Gasteiger partial charge in [-0.1, -0.05) is 0 Å². The van der Waals surface area contributed by atoms with Crippen LogP contribution in [-0.4, -0.2) is 72.4 Å². The Balaban J connectivity index is 2.80. The Morgan fingerprint density at radius 1 is 1.00 bits per heavy atom. The summed E-state index contributed by atoms with van der Waals surface area (Å²) in [7, 11) is -10.7. The Hall–Kier alpha value is 0.0600. The van der Waals surface area contributed by atoms with E-state index in [0.717, 1.165) is 0 Å². The van der Waals surface area contributed by atoms with Gasteiger partial charge in [-0.15, -0.1) is 0 Å². The van der Waals surface area contributed by atoms with Gasteiger partial charge in [0.05, 0.1) is 6.61 Å². The Morgan fingerprint density at radius 2 is 1.55 bits per heavy atom. The standard InChI is InChI=1S/C6H14O12P2/c7-1-2-3(8)4(9)5(10)6(16-2)17-20(14,15)18-19(11,12)13/h2-10H,1H2,(H,14,15)(H2,11,12,13)/t2-,3-,4-,5+,6-/m1/s1. The van der Waals surface area contributed by atoms with Crippen molar-refractivity contribution in [1.29, 1.82) is 0 Å². The molecule has 1 fully saturated rings. The van der Waals surface area contributed by atoms with Gasteiger partial charge in [-0.25, -0.2) is 9.13 Å². The molecule has 0 spiro atoms. The second kappa shape index (κ2) is 6.44. The van der Waals surface area contributed by atoms with E-state index in [1.54, 1.807) is 0 Å². The monoisotopic (exact) mass is 340 g/mol. The van der Waals surface area contributed by atoms with Crippen molar-refractivity contribution in [3.63, 3.8) is 0 Å². The summed E-state index contributed by atoms with van der Waals surface area (Å²) in [5.74, 6) is 0. The van der Waals surface area contributed by atoms with E-state index in [1.807, 2.05) is 0 Å². The molecule has 1 heterocycles. The van der Waals surface area contributed by atoms with Crippen LogP contribution in [0.2, 0.25) is 0 Å². The van der Waals surface area contributed by atoms with Gasteiger partial charge in [0.25, 0.3) is 0 Å². The van der Waals surface area contributed by atoms with Crippen molar-refractivity contribution in [2.45, 2.75) is 30.7 Å². The molecule has 0 aromatic carbocycles. The second-order valence-electron chi connectivity index (χ2n) is 3.84. The summed E-state index contributed by atoms with van der Waals surface area (Å²) in [5, 5.41) is 37.1. The molecule has 14 heteroatoms. The Labute approximate surface area is 112 Å². The highest BCUT2D eigenvalue weighted by atomic mass is 31.3. The number of ether oxygens (including phenoxy) is 1. The van der Waals surface area contributed by atoms with Crippen LogP contribution in [0.3, 0.4) is 0 Å². The SMILES string of the molecule is O=P(O)(O)OP(=O)(O)O[C@H]1O[C@H](CO)[C@@H](O)[C@@H](O)[C@@H]1O. The summed E-state index contributed by atoms with van der Waals surface area (Å²) in [6.45, 7) is -0.820. The van der Waals surface area contributed by atoms with Gasteiger partial charge in [-0.3, -0.25) is 4.52 Å². The summed E-state index contributed by atoms with van der Waals surface area (Å²) >= 11 is 0. The molecule has 0 aromatic rings. The number of phosphoric acid groups is 2.